The molecule has 11 heavy (non-hydrogen) atoms. The lowest BCUT2D eigenvalue weighted by atomic mass is 10.3. The molecule has 0 radical (unpaired) electrons. The molecule has 0 saturated heterocycles. The van der Waals surface area contributed by atoms with Crippen LogP contribution in [0.5, 0.6) is 0 Å². The van der Waals surface area contributed by atoms with Gasteiger partial charge in [0.15, 0.2) is 17.5 Å². The molecule has 1 aromatic rings. The second kappa shape index (κ2) is 2.62. The third-order valence-corrected chi connectivity index (χ3v) is 1.41. The van der Waals surface area contributed by atoms with E-state index in [0.717, 1.165) is 6.07 Å². The van der Waals surface area contributed by atoms with Gasteiger partial charge in [0.2, 0.25) is 0 Å². The summed E-state index contributed by atoms with van der Waals surface area (Å²) in [4.78, 5) is 0. The molecule has 60 valence electrons. The van der Waals surface area contributed by atoms with Crippen molar-refractivity contribution in [3.05, 3.63) is 28.5 Å². The normalized spacial score (nSPS) is 10.2. The van der Waals surface area contributed by atoms with Crippen LogP contribution < -0.4 is 5.73 Å². The second-order valence-corrected chi connectivity index (χ2v) is 2.30. The fourth-order valence-corrected chi connectivity index (χ4v) is 0.792. The average Bonchev–Trinajstić information content (AvgIpc) is 1.97. The van der Waals surface area contributed by atoms with Crippen LogP contribution in [-0.4, -0.2) is 0 Å². The first-order chi connectivity index (χ1) is 5.04. The first-order valence-electron chi connectivity index (χ1n) is 2.62. The summed E-state index contributed by atoms with van der Waals surface area (Å²) in [7, 11) is 0. The van der Waals surface area contributed by atoms with Crippen molar-refractivity contribution in [1.29, 1.82) is 0 Å². The van der Waals surface area contributed by atoms with Gasteiger partial charge < -0.3 is 5.73 Å². The van der Waals surface area contributed by atoms with Gasteiger partial charge in [-0.05, 0) is 6.07 Å². The predicted molar refractivity (Wildman–Crippen MR) is 35.7 cm³/mol. The quantitative estimate of drug-likeness (QED) is 0.371. The molecule has 1 aromatic carbocycles. The van der Waals surface area contributed by atoms with Crippen LogP contribution >= 0.6 is 11.6 Å². The molecule has 0 atom stereocenters. The molecular weight excluding hydrogens is 179 g/mol. The maximum atomic E-state index is 12.4. The van der Waals surface area contributed by atoms with Gasteiger partial charge in [0.1, 0.15) is 0 Å². The number of benzene rings is 1. The highest BCUT2D eigenvalue weighted by Crippen LogP contribution is 2.24. The van der Waals surface area contributed by atoms with Gasteiger partial charge in [-0.1, -0.05) is 11.6 Å². The summed E-state index contributed by atoms with van der Waals surface area (Å²) in [6, 6.07) is 0.815. The zero-order valence-electron chi connectivity index (χ0n) is 5.17. The van der Waals surface area contributed by atoms with E-state index in [0.29, 0.717) is 0 Å². The van der Waals surface area contributed by atoms with Gasteiger partial charge in [0, 0.05) is 0 Å². The van der Waals surface area contributed by atoms with Crippen LogP contribution in [0.25, 0.3) is 0 Å². The number of nitrogen functional groups attached to an aromatic ring is 1. The van der Waals surface area contributed by atoms with Crippen molar-refractivity contribution in [3.63, 3.8) is 0 Å². The lowest BCUT2D eigenvalue weighted by Crippen LogP contribution is -1.98. The molecule has 0 aliphatic heterocycles. The molecule has 1 nitrogen and oxygen atoms in total. The van der Waals surface area contributed by atoms with E-state index in [2.05, 4.69) is 0 Å². The number of halogens is 4. The van der Waals surface area contributed by atoms with Crippen molar-refractivity contribution in [2.75, 3.05) is 5.73 Å². The van der Waals surface area contributed by atoms with E-state index in [1.165, 1.54) is 0 Å². The Bertz CT molecular complexity index is 274. The fourth-order valence-electron chi connectivity index (χ4n) is 0.591. The summed E-state index contributed by atoms with van der Waals surface area (Å²) in [5.74, 6) is -4.47. The van der Waals surface area contributed by atoms with Gasteiger partial charge in [-0.3, -0.25) is 0 Å². The molecule has 0 saturated carbocycles. The van der Waals surface area contributed by atoms with Gasteiger partial charge in [0.25, 0.3) is 0 Å². The topological polar surface area (TPSA) is 26.0 Å². The number of hydrogen-bond donors (Lipinski definition) is 1. The SMILES string of the molecule is Nc1cc(Cl)c(F)c(F)c1F. The van der Waals surface area contributed by atoms with E-state index in [4.69, 9.17) is 17.3 Å². The first-order valence-corrected chi connectivity index (χ1v) is 3.00. The Morgan fingerprint density at radius 3 is 2.18 bits per heavy atom. The van der Waals surface area contributed by atoms with Crippen LogP contribution in [0.3, 0.4) is 0 Å². The molecule has 0 unspecified atom stereocenters. The Morgan fingerprint density at radius 2 is 1.64 bits per heavy atom. The summed E-state index contributed by atoms with van der Waals surface area (Å²) in [6.07, 6.45) is 0. The third-order valence-electron chi connectivity index (χ3n) is 1.13. The molecule has 5 heteroatoms. The zero-order chi connectivity index (χ0) is 8.59. The lowest BCUT2D eigenvalue weighted by Gasteiger charge is -2.00. The van der Waals surface area contributed by atoms with Crippen molar-refractivity contribution < 1.29 is 13.2 Å². The first kappa shape index (κ1) is 8.20. The Hall–Kier alpha value is -0.900. The second-order valence-electron chi connectivity index (χ2n) is 1.89. The van der Waals surface area contributed by atoms with Crippen molar-refractivity contribution in [1.82, 2.24) is 0 Å². The maximum absolute atomic E-state index is 12.4. The van der Waals surface area contributed by atoms with Gasteiger partial charge in [-0.2, -0.15) is 0 Å². The Kier molecular flexibility index (Phi) is 1.95. The van der Waals surface area contributed by atoms with Crippen LogP contribution in [0.2, 0.25) is 5.02 Å². The monoisotopic (exact) mass is 181 g/mol. The van der Waals surface area contributed by atoms with E-state index >= 15 is 0 Å². The van der Waals surface area contributed by atoms with Crippen molar-refractivity contribution in [3.8, 4) is 0 Å². The van der Waals surface area contributed by atoms with Gasteiger partial charge in [-0.15, -0.1) is 0 Å². The lowest BCUT2D eigenvalue weighted by molar-refractivity contribution is 0.450. The summed E-state index contributed by atoms with van der Waals surface area (Å²) in [5, 5.41) is -0.526. The fraction of sp³-hybridized carbons (Fsp3) is 0. The highest BCUT2D eigenvalue weighted by atomic mass is 35.5. The summed E-state index contributed by atoms with van der Waals surface area (Å²) in [6.45, 7) is 0. The standard InChI is InChI=1S/C6H3ClF3N/c7-2-1-3(11)5(9)6(10)4(2)8/h1H,11H2. The molecule has 0 fully saturated rings. The minimum atomic E-state index is -1.64. The van der Waals surface area contributed by atoms with E-state index < -0.39 is 28.2 Å². The largest absolute Gasteiger partial charge is 0.396 e. The maximum Gasteiger partial charge on any atom is 0.198 e. The van der Waals surface area contributed by atoms with E-state index in [9.17, 15) is 13.2 Å². The number of anilines is 1. The van der Waals surface area contributed by atoms with Crippen LogP contribution in [0.1, 0.15) is 0 Å². The van der Waals surface area contributed by atoms with Gasteiger partial charge in [-0.25, -0.2) is 13.2 Å². The average molecular weight is 182 g/mol. The summed E-state index contributed by atoms with van der Waals surface area (Å²) in [5.41, 5.74) is 4.42. The van der Waals surface area contributed by atoms with Crippen LogP contribution in [-0.2, 0) is 0 Å². The van der Waals surface area contributed by atoms with Crippen molar-refractivity contribution in [2.45, 2.75) is 0 Å². The van der Waals surface area contributed by atoms with Crippen LogP contribution in [0.15, 0.2) is 6.07 Å². The third kappa shape index (κ3) is 1.26. The predicted octanol–water partition coefficient (Wildman–Crippen LogP) is 2.34. The number of rotatable bonds is 0. The van der Waals surface area contributed by atoms with Gasteiger partial charge >= 0.3 is 0 Å². The molecular formula is C6H3ClF3N. The molecule has 1 rings (SSSR count). The van der Waals surface area contributed by atoms with Crippen molar-refractivity contribution >= 4 is 17.3 Å². The Morgan fingerprint density at radius 1 is 1.09 bits per heavy atom. The summed E-state index contributed by atoms with van der Waals surface area (Å²) >= 11 is 5.13. The smallest absolute Gasteiger partial charge is 0.198 e. The number of nitrogens with two attached hydrogens (primary N) is 1. The van der Waals surface area contributed by atoms with Crippen LogP contribution in [0.4, 0.5) is 18.9 Å². The van der Waals surface area contributed by atoms with E-state index in [1.807, 2.05) is 0 Å². The molecule has 2 N–H and O–H groups in total. The summed E-state index contributed by atoms with van der Waals surface area (Å²) < 4.78 is 37.1. The molecule has 0 aliphatic carbocycles. The molecule has 0 amide bonds. The Balaban J connectivity index is 3.46. The van der Waals surface area contributed by atoms with Crippen LogP contribution in [0, 0.1) is 17.5 Å². The molecule has 0 bridgehead atoms. The molecule has 0 spiro atoms. The minimum absolute atomic E-state index is 0.506. The van der Waals surface area contributed by atoms with Crippen molar-refractivity contribution in [2.24, 2.45) is 0 Å². The minimum Gasteiger partial charge on any atom is -0.396 e. The molecule has 0 heterocycles. The molecule has 0 aliphatic rings. The highest BCUT2D eigenvalue weighted by Gasteiger charge is 2.15. The highest BCUT2D eigenvalue weighted by molar-refractivity contribution is 6.31. The Labute approximate surface area is 65.6 Å². The number of hydrogen-bond acceptors (Lipinski definition) is 1. The molecule has 0 aromatic heterocycles. The van der Waals surface area contributed by atoms with E-state index in [-0.39, 0.29) is 0 Å². The zero-order valence-corrected chi connectivity index (χ0v) is 5.92. The van der Waals surface area contributed by atoms with E-state index in [1.54, 1.807) is 0 Å². The van der Waals surface area contributed by atoms with Gasteiger partial charge in [0.05, 0.1) is 10.7 Å².